The number of anilines is 2. The predicted octanol–water partition coefficient (Wildman–Crippen LogP) is 4.23. The fourth-order valence-corrected chi connectivity index (χ4v) is 6.55. The van der Waals surface area contributed by atoms with Crippen LogP contribution in [-0.4, -0.2) is 40.7 Å². The number of ketones is 1. The summed E-state index contributed by atoms with van der Waals surface area (Å²) >= 11 is 2.39. The highest BCUT2D eigenvalue weighted by Gasteiger charge is 2.41. The third kappa shape index (κ3) is 5.61. The molecule has 13 heteroatoms. The summed E-state index contributed by atoms with van der Waals surface area (Å²) in [5.41, 5.74) is 10.0. The van der Waals surface area contributed by atoms with Gasteiger partial charge in [0.05, 0.1) is 47.6 Å². The molecule has 210 valence electrons. The van der Waals surface area contributed by atoms with Crippen LogP contribution in [0.3, 0.4) is 0 Å². The molecule has 1 atom stereocenters. The Morgan fingerprint density at radius 1 is 1.12 bits per heavy atom. The first-order valence-electron chi connectivity index (χ1n) is 12.7. The van der Waals surface area contributed by atoms with Gasteiger partial charge in [-0.1, -0.05) is 35.2 Å². The number of nitrogens with one attached hydrogen (secondary N) is 1. The largest absolute Gasteiger partial charge is 0.465 e. The monoisotopic (exact) mass is 597 g/mol. The number of ether oxygens (including phenoxy) is 1. The molecule has 5 rings (SSSR count). The maximum Gasteiger partial charge on any atom is 0.337 e. The first kappa shape index (κ1) is 28.5. The summed E-state index contributed by atoms with van der Waals surface area (Å²) in [6.45, 7) is 0. The van der Waals surface area contributed by atoms with Gasteiger partial charge in [-0.05, 0) is 54.8 Å². The second kappa shape index (κ2) is 12.3. The first-order chi connectivity index (χ1) is 20.3. The standard InChI is InChI=1S/C29H23N7O4S2/c1-40-27(39)18-9-7-17(8-10-18)24-20(14-31)26(32)36(21-3-2-4-22(37)25(21)24)28-34-35-29(42-28)41-15-23(38)33-19-11-5-16(13-30)6-12-19/h5-12,24H,2-4,15,32H2,1H3,(H,33,38). The number of hydrogen-bond donors (Lipinski definition) is 2. The SMILES string of the molecule is COC(=O)c1ccc(C2C(C#N)=C(N)N(c3nnc(SCC(=O)Nc4ccc(C#N)cc4)s3)C3=C2C(=O)CCC3)cc1. The fourth-order valence-electron chi connectivity index (χ4n) is 4.87. The molecule has 2 aromatic carbocycles. The highest BCUT2D eigenvalue weighted by molar-refractivity contribution is 8.01. The number of nitriles is 2. The molecule has 1 unspecified atom stereocenters. The summed E-state index contributed by atoms with van der Waals surface area (Å²) in [6.07, 6.45) is 1.51. The van der Waals surface area contributed by atoms with Crippen molar-refractivity contribution in [3.8, 4) is 12.1 Å². The third-order valence-corrected chi connectivity index (χ3v) is 8.83. The molecule has 3 aromatic rings. The first-order valence-corrected chi connectivity index (χ1v) is 14.6. The summed E-state index contributed by atoms with van der Waals surface area (Å²) < 4.78 is 5.29. The molecule has 0 spiro atoms. The number of aromatic nitrogens is 2. The topological polar surface area (TPSA) is 175 Å². The Labute approximate surface area is 249 Å². The number of carbonyl (C=O) groups excluding carboxylic acids is 3. The van der Waals surface area contributed by atoms with E-state index >= 15 is 0 Å². The van der Waals surface area contributed by atoms with E-state index in [-0.39, 0.29) is 28.8 Å². The summed E-state index contributed by atoms with van der Waals surface area (Å²) in [5, 5.41) is 30.8. The number of hydrogen-bond acceptors (Lipinski definition) is 12. The van der Waals surface area contributed by atoms with Gasteiger partial charge in [0.15, 0.2) is 10.1 Å². The van der Waals surface area contributed by atoms with Crippen molar-refractivity contribution in [3.63, 3.8) is 0 Å². The molecule has 42 heavy (non-hydrogen) atoms. The van der Waals surface area contributed by atoms with Crippen LogP contribution < -0.4 is 16.0 Å². The maximum atomic E-state index is 13.3. The smallest absolute Gasteiger partial charge is 0.337 e. The minimum absolute atomic E-state index is 0.0689. The van der Waals surface area contributed by atoms with Gasteiger partial charge in [-0.2, -0.15) is 10.5 Å². The molecule has 0 saturated heterocycles. The number of esters is 1. The van der Waals surface area contributed by atoms with Crippen LogP contribution >= 0.6 is 23.1 Å². The number of rotatable bonds is 7. The molecule has 11 nitrogen and oxygen atoms in total. The van der Waals surface area contributed by atoms with E-state index in [2.05, 4.69) is 21.6 Å². The second-order valence-electron chi connectivity index (χ2n) is 9.31. The number of amides is 1. The summed E-state index contributed by atoms with van der Waals surface area (Å²) in [6, 6.07) is 17.4. The molecule has 0 radical (unpaired) electrons. The average Bonchev–Trinajstić information content (AvgIpc) is 3.48. The van der Waals surface area contributed by atoms with Crippen molar-refractivity contribution in [1.82, 2.24) is 10.2 Å². The van der Waals surface area contributed by atoms with Gasteiger partial charge in [0.2, 0.25) is 11.0 Å². The highest BCUT2D eigenvalue weighted by Crippen LogP contribution is 2.47. The van der Waals surface area contributed by atoms with Crippen LogP contribution in [-0.2, 0) is 14.3 Å². The van der Waals surface area contributed by atoms with Crippen LogP contribution in [0, 0.1) is 22.7 Å². The maximum absolute atomic E-state index is 13.3. The summed E-state index contributed by atoms with van der Waals surface area (Å²) in [4.78, 5) is 39.3. The van der Waals surface area contributed by atoms with E-state index in [4.69, 9.17) is 15.7 Å². The Kier molecular flexibility index (Phi) is 8.33. The van der Waals surface area contributed by atoms with Crippen LogP contribution in [0.15, 0.2) is 75.5 Å². The van der Waals surface area contributed by atoms with Crippen LogP contribution in [0.25, 0.3) is 0 Å². The number of carbonyl (C=O) groups is 3. The normalized spacial score (nSPS) is 16.4. The van der Waals surface area contributed by atoms with Crippen molar-refractivity contribution < 1.29 is 19.1 Å². The lowest BCUT2D eigenvalue weighted by Crippen LogP contribution is -2.38. The average molecular weight is 598 g/mol. The zero-order valence-electron chi connectivity index (χ0n) is 22.3. The van der Waals surface area contributed by atoms with Crippen molar-refractivity contribution in [1.29, 1.82) is 10.5 Å². The number of benzene rings is 2. The summed E-state index contributed by atoms with van der Waals surface area (Å²) in [7, 11) is 1.30. The molecule has 0 fully saturated rings. The lowest BCUT2D eigenvalue weighted by atomic mass is 9.75. The van der Waals surface area contributed by atoms with Crippen LogP contribution in [0.5, 0.6) is 0 Å². The minimum atomic E-state index is -0.687. The lowest BCUT2D eigenvalue weighted by Gasteiger charge is -2.38. The molecule has 1 aliphatic heterocycles. The molecular formula is C29H23N7O4S2. The van der Waals surface area contributed by atoms with E-state index in [1.807, 2.05) is 6.07 Å². The molecular weight excluding hydrogens is 574 g/mol. The zero-order valence-corrected chi connectivity index (χ0v) is 23.9. The molecule has 2 heterocycles. The number of nitrogens with zero attached hydrogens (tertiary/aromatic N) is 5. The van der Waals surface area contributed by atoms with E-state index in [1.54, 1.807) is 53.4 Å². The Morgan fingerprint density at radius 2 is 1.86 bits per heavy atom. The molecule has 1 aromatic heterocycles. The highest BCUT2D eigenvalue weighted by atomic mass is 32.2. The van der Waals surface area contributed by atoms with Crippen molar-refractivity contribution in [3.05, 3.63) is 87.9 Å². The number of methoxy groups -OCH3 is 1. The molecule has 0 bridgehead atoms. The second-order valence-corrected chi connectivity index (χ2v) is 11.5. The van der Waals surface area contributed by atoms with Gasteiger partial charge in [0.1, 0.15) is 5.82 Å². The Morgan fingerprint density at radius 3 is 2.52 bits per heavy atom. The van der Waals surface area contributed by atoms with Gasteiger partial charge in [-0.15, -0.1) is 10.2 Å². The van der Waals surface area contributed by atoms with Gasteiger partial charge in [-0.25, -0.2) is 4.79 Å². The van der Waals surface area contributed by atoms with Gasteiger partial charge >= 0.3 is 5.97 Å². The quantitative estimate of drug-likeness (QED) is 0.294. The van der Waals surface area contributed by atoms with E-state index in [0.717, 1.165) is 0 Å². The van der Waals surface area contributed by atoms with E-state index in [1.165, 1.54) is 30.2 Å². The van der Waals surface area contributed by atoms with Gasteiger partial charge < -0.3 is 15.8 Å². The van der Waals surface area contributed by atoms with Crippen LogP contribution in [0.2, 0.25) is 0 Å². The van der Waals surface area contributed by atoms with Gasteiger partial charge in [0, 0.05) is 23.4 Å². The van der Waals surface area contributed by atoms with Crippen molar-refractivity contribution in [2.24, 2.45) is 5.73 Å². The lowest BCUT2D eigenvalue weighted by molar-refractivity contribution is -0.116. The number of allylic oxidation sites excluding steroid dienone is 3. The van der Waals surface area contributed by atoms with E-state index in [0.29, 0.717) is 62.4 Å². The third-order valence-electron chi connectivity index (χ3n) is 6.79. The number of thioether (sulfide) groups is 1. The fraction of sp³-hybridized carbons (Fsp3) is 0.207. The van der Waals surface area contributed by atoms with Crippen molar-refractivity contribution >= 4 is 51.6 Å². The van der Waals surface area contributed by atoms with Gasteiger partial charge in [-0.3, -0.25) is 14.5 Å². The summed E-state index contributed by atoms with van der Waals surface area (Å²) in [5.74, 6) is -1.29. The van der Waals surface area contributed by atoms with Crippen molar-refractivity contribution in [2.45, 2.75) is 29.5 Å². The predicted molar refractivity (Wildman–Crippen MR) is 156 cm³/mol. The zero-order chi connectivity index (χ0) is 29.8. The van der Waals surface area contributed by atoms with Crippen LogP contribution in [0.1, 0.15) is 46.7 Å². The van der Waals surface area contributed by atoms with Crippen LogP contribution in [0.4, 0.5) is 10.8 Å². The van der Waals surface area contributed by atoms with E-state index in [9.17, 15) is 19.6 Å². The molecule has 1 aliphatic carbocycles. The molecule has 1 amide bonds. The Hall–Kier alpha value is -4.98. The van der Waals surface area contributed by atoms with E-state index < -0.39 is 11.9 Å². The Bertz CT molecular complexity index is 1710. The number of nitrogens with two attached hydrogens (primary N) is 1. The Balaban J connectivity index is 1.40. The minimum Gasteiger partial charge on any atom is -0.465 e. The molecule has 3 N–H and O–H groups in total. The molecule has 0 saturated carbocycles. The van der Waals surface area contributed by atoms with Crippen molar-refractivity contribution in [2.75, 3.05) is 23.1 Å². The van der Waals surface area contributed by atoms with Gasteiger partial charge in [0.25, 0.3) is 0 Å². The number of Topliss-reactive ketones (excluding diaryl/α,β-unsaturated/α-hetero) is 1. The molecule has 2 aliphatic rings.